The molecule has 61 heavy (non-hydrogen) atoms. The molecule has 298 valence electrons. The fraction of sp³-hybridized carbons (Fsp3) is 0.186. The minimum atomic E-state index is -2.59. The molecule has 1 unspecified atom stereocenters. The van der Waals surface area contributed by atoms with Crippen LogP contribution in [0.2, 0.25) is 0 Å². The van der Waals surface area contributed by atoms with Gasteiger partial charge >= 0.3 is 0 Å². The third-order valence-electron chi connectivity index (χ3n) is 14.9. The van der Waals surface area contributed by atoms with Gasteiger partial charge in [0.2, 0.25) is 0 Å². The number of benzene rings is 8. The molecule has 2 bridgehead atoms. The lowest BCUT2D eigenvalue weighted by molar-refractivity contribution is 0.0426. The van der Waals surface area contributed by atoms with Gasteiger partial charge in [-0.1, -0.05) is 196 Å². The lowest BCUT2D eigenvalue weighted by Gasteiger charge is -2.54. The molecule has 8 aromatic carbocycles. The second-order valence-electron chi connectivity index (χ2n) is 18.3. The van der Waals surface area contributed by atoms with Crippen molar-refractivity contribution in [1.29, 1.82) is 0 Å². The standard InChI is InChI=1S/C59H53NSi/c1-42-38-44-40-43(2)59(47(39-42)41-44)55-27-16-15-26-54(55)58-56(59)28-17-29-57(58)60(48-18-7-3-8-19-48)49-34-30-45(31-35-49)46-32-36-53(37-33-46)61(50-20-9-4-10-21-50,51-22-11-5-12-23-51)52-24-13-6-14-25-52/h3-37,42-44,47H,38-41H2,1-2H3/t42-,43+,44-,47-,59?/m0/s1. The molecular formula is C59H53NSi. The van der Waals surface area contributed by atoms with E-state index in [-0.39, 0.29) is 5.41 Å². The Morgan fingerprint density at radius 3 is 1.52 bits per heavy atom. The predicted octanol–water partition coefficient (Wildman–Crippen LogP) is 12.6. The Morgan fingerprint density at radius 1 is 0.426 bits per heavy atom. The average Bonchev–Trinajstić information content (AvgIpc) is 3.62. The molecule has 3 aliphatic carbocycles. The first-order valence-corrected chi connectivity index (χ1v) is 24.5. The largest absolute Gasteiger partial charge is 0.310 e. The molecule has 5 atom stereocenters. The summed E-state index contributed by atoms with van der Waals surface area (Å²) in [5.74, 6) is 2.90. The minimum Gasteiger partial charge on any atom is -0.310 e. The summed E-state index contributed by atoms with van der Waals surface area (Å²) in [4.78, 5) is 2.51. The summed E-state index contributed by atoms with van der Waals surface area (Å²) in [6.07, 6.45) is 5.38. The summed E-state index contributed by atoms with van der Waals surface area (Å²) in [5.41, 5.74) is 12.1. The smallest absolute Gasteiger partial charge is 0.179 e. The molecule has 11 rings (SSSR count). The van der Waals surface area contributed by atoms with Crippen molar-refractivity contribution in [2.75, 3.05) is 4.90 Å². The van der Waals surface area contributed by atoms with E-state index in [2.05, 4.69) is 231 Å². The van der Waals surface area contributed by atoms with Gasteiger partial charge in [0.25, 0.3) is 0 Å². The highest BCUT2D eigenvalue weighted by atomic mass is 28.3. The lowest BCUT2D eigenvalue weighted by atomic mass is 9.49. The van der Waals surface area contributed by atoms with E-state index in [1.807, 2.05) is 0 Å². The molecule has 3 aliphatic rings. The Morgan fingerprint density at radius 2 is 0.918 bits per heavy atom. The van der Waals surface area contributed by atoms with Crippen molar-refractivity contribution in [2.24, 2.45) is 23.7 Å². The van der Waals surface area contributed by atoms with Crippen molar-refractivity contribution in [3.8, 4) is 22.3 Å². The molecule has 0 aliphatic heterocycles. The Labute approximate surface area is 363 Å². The molecule has 1 spiro atoms. The topological polar surface area (TPSA) is 3.24 Å². The molecular weight excluding hydrogens is 751 g/mol. The van der Waals surface area contributed by atoms with Crippen LogP contribution in [0.3, 0.4) is 0 Å². The van der Waals surface area contributed by atoms with E-state index in [0.717, 1.165) is 11.8 Å². The normalized spacial score (nSPS) is 21.4. The van der Waals surface area contributed by atoms with Crippen molar-refractivity contribution in [3.63, 3.8) is 0 Å². The van der Waals surface area contributed by atoms with Crippen LogP contribution in [-0.4, -0.2) is 8.07 Å². The SMILES string of the molecule is C[C@H]1C[C@@H]2C[C@H](C1)C1(c3ccccc3-c3c(N(c4ccccc4)c4ccc(-c5ccc([Si](c6ccccc6)(c6ccccc6)c6ccccc6)cc5)cc4)cccc31)[C@H](C)C2. The van der Waals surface area contributed by atoms with Gasteiger partial charge in [0.15, 0.2) is 8.07 Å². The summed E-state index contributed by atoms with van der Waals surface area (Å²) in [7, 11) is -2.59. The lowest BCUT2D eigenvalue weighted by Crippen LogP contribution is -2.74. The second-order valence-corrected chi connectivity index (χ2v) is 22.1. The molecule has 2 saturated carbocycles. The summed E-state index contributed by atoms with van der Waals surface area (Å²) >= 11 is 0. The fourth-order valence-corrected chi connectivity index (χ4v) is 17.5. The van der Waals surface area contributed by atoms with Crippen LogP contribution in [0.5, 0.6) is 0 Å². The van der Waals surface area contributed by atoms with Crippen LogP contribution in [0, 0.1) is 23.7 Å². The molecule has 0 heterocycles. The Balaban J connectivity index is 1.01. The Kier molecular flexibility index (Phi) is 9.50. The van der Waals surface area contributed by atoms with Crippen molar-refractivity contribution >= 4 is 45.9 Å². The van der Waals surface area contributed by atoms with Crippen molar-refractivity contribution in [2.45, 2.75) is 44.9 Å². The maximum Gasteiger partial charge on any atom is 0.179 e. The van der Waals surface area contributed by atoms with Crippen molar-refractivity contribution < 1.29 is 0 Å². The number of fused-ring (bicyclic) bond motifs is 8. The van der Waals surface area contributed by atoms with E-state index < -0.39 is 8.07 Å². The van der Waals surface area contributed by atoms with Crippen molar-refractivity contribution in [1.82, 2.24) is 0 Å². The molecule has 2 fully saturated rings. The van der Waals surface area contributed by atoms with Gasteiger partial charge < -0.3 is 4.90 Å². The van der Waals surface area contributed by atoms with Gasteiger partial charge in [-0.3, -0.25) is 0 Å². The molecule has 1 nitrogen and oxygen atoms in total. The van der Waals surface area contributed by atoms with Gasteiger partial charge in [-0.2, -0.15) is 0 Å². The highest BCUT2D eigenvalue weighted by Gasteiger charge is 2.57. The monoisotopic (exact) mass is 803 g/mol. The summed E-state index contributed by atoms with van der Waals surface area (Å²) < 4.78 is 0. The molecule has 0 N–H and O–H groups in total. The van der Waals surface area contributed by atoms with E-state index in [1.54, 1.807) is 11.1 Å². The second kappa shape index (κ2) is 15.4. The molecule has 0 radical (unpaired) electrons. The van der Waals surface area contributed by atoms with Crippen molar-refractivity contribution in [3.05, 3.63) is 223 Å². The zero-order valence-electron chi connectivity index (χ0n) is 35.3. The van der Waals surface area contributed by atoms with Crippen LogP contribution >= 0.6 is 0 Å². The van der Waals surface area contributed by atoms with E-state index in [1.165, 1.54) is 85.7 Å². The zero-order chi connectivity index (χ0) is 41.0. The maximum atomic E-state index is 2.57. The van der Waals surface area contributed by atoms with Gasteiger partial charge in [0, 0.05) is 22.4 Å². The van der Waals surface area contributed by atoms with Gasteiger partial charge in [-0.25, -0.2) is 0 Å². The van der Waals surface area contributed by atoms with Gasteiger partial charge in [0.1, 0.15) is 0 Å². The average molecular weight is 804 g/mol. The van der Waals surface area contributed by atoms with E-state index in [4.69, 9.17) is 0 Å². The third kappa shape index (κ3) is 6.02. The molecule has 2 heteroatoms. The van der Waals surface area contributed by atoms with Crippen LogP contribution in [0.1, 0.15) is 50.7 Å². The number of hydrogen-bond donors (Lipinski definition) is 0. The number of rotatable bonds is 8. The molecule has 0 saturated heterocycles. The number of para-hydroxylation sites is 1. The fourth-order valence-electron chi connectivity index (χ4n) is 12.7. The van der Waals surface area contributed by atoms with E-state index >= 15 is 0 Å². The highest BCUT2D eigenvalue weighted by molar-refractivity contribution is 7.19. The molecule has 0 amide bonds. The zero-order valence-corrected chi connectivity index (χ0v) is 36.3. The minimum absolute atomic E-state index is 0.0491. The molecule has 8 aromatic rings. The van der Waals surface area contributed by atoms with Crippen LogP contribution < -0.4 is 25.6 Å². The van der Waals surface area contributed by atoms with E-state index in [9.17, 15) is 0 Å². The molecule has 0 aromatic heterocycles. The van der Waals surface area contributed by atoms with Crippen LogP contribution in [0.4, 0.5) is 17.1 Å². The third-order valence-corrected chi connectivity index (χ3v) is 19.7. The first kappa shape index (κ1) is 37.8. The maximum absolute atomic E-state index is 2.59. The first-order valence-electron chi connectivity index (χ1n) is 22.5. The highest BCUT2D eigenvalue weighted by Crippen LogP contribution is 2.66. The predicted molar refractivity (Wildman–Crippen MR) is 260 cm³/mol. The quantitative estimate of drug-likeness (QED) is 0.109. The first-order chi connectivity index (χ1) is 30.1. The van der Waals surface area contributed by atoms with E-state index in [0.29, 0.717) is 11.8 Å². The van der Waals surface area contributed by atoms with Gasteiger partial charge in [-0.15, -0.1) is 0 Å². The summed E-state index contributed by atoms with van der Waals surface area (Å²) in [6, 6.07) is 80.0. The summed E-state index contributed by atoms with van der Waals surface area (Å²) in [6.45, 7) is 5.08. The Bertz CT molecular complexity index is 2680. The van der Waals surface area contributed by atoms with Crippen LogP contribution in [-0.2, 0) is 5.41 Å². The van der Waals surface area contributed by atoms with Gasteiger partial charge in [-0.05, 0) is 128 Å². The summed E-state index contributed by atoms with van der Waals surface area (Å²) in [5, 5.41) is 5.55. The van der Waals surface area contributed by atoms with Gasteiger partial charge in [0.05, 0.1) is 5.69 Å². The number of anilines is 3. The van der Waals surface area contributed by atoms with Crippen LogP contribution in [0.15, 0.2) is 212 Å². The number of hydrogen-bond acceptors (Lipinski definition) is 1. The Hall–Kier alpha value is -6.22. The number of nitrogens with zero attached hydrogens (tertiary/aromatic N) is 1. The van der Waals surface area contributed by atoms with Crippen LogP contribution in [0.25, 0.3) is 22.3 Å².